The van der Waals surface area contributed by atoms with Crippen LogP contribution in [0.2, 0.25) is 0 Å². The molecular weight excluding hydrogens is 356 g/mol. The lowest BCUT2D eigenvalue weighted by Gasteiger charge is -2.22. The summed E-state index contributed by atoms with van der Waals surface area (Å²) in [5, 5.41) is 2.84. The van der Waals surface area contributed by atoms with Crippen molar-refractivity contribution in [3.8, 4) is 11.1 Å². The number of pyridine rings is 1. The summed E-state index contributed by atoms with van der Waals surface area (Å²) in [6.45, 7) is 7.47. The van der Waals surface area contributed by atoms with Gasteiger partial charge in [-0.3, -0.25) is 4.98 Å². The highest BCUT2D eigenvalue weighted by Crippen LogP contribution is 2.24. The second kappa shape index (κ2) is 7.13. The molecule has 0 aliphatic rings. The van der Waals surface area contributed by atoms with Crippen molar-refractivity contribution in [3.63, 3.8) is 0 Å². The molecule has 0 spiro atoms. The van der Waals surface area contributed by atoms with Crippen LogP contribution in [0.3, 0.4) is 0 Å². The van der Waals surface area contributed by atoms with Gasteiger partial charge in [-0.25, -0.2) is 4.79 Å². The Labute approximate surface area is 145 Å². The van der Waals surface area contributed by atoms with Crippen molar-refractivity contribution in [2.24, 2.45) is 0 Å². The van der Waals surface area contributed by atoms with Crippen LogP contribution >= 0.6 is 15.9 Å². The van der Waals surface area contributed by atoms with Crippen molar-refractivity contribution in [1.29, 1.82) is 0 Å². The molecule has 1 atom stereocenters. The van der Waals surface area contributed by atoms with Crippen molar-refractivity contribution < 1.29 is 9.53 Å². The van der Waals surface area contributed by atoms with Gasteiger partial charge in [0.15, 0.2) is 0 Å². The van der Waals surface area contributed by atoms with Crippen LogP contribution in [0, 0.1) is 0 Å². The Bertz CT molecular complexity index is 678. The number of benzene rings is 1. The van der Waals surface area contributed by atoms with Crippen molar-refractivity contribution >= 4 is 22.0 Å². The number of hydrogen-bond acceptors (Lipinski definition) is 3. The van der Waals surface area contributed by atoms with Gasteiger partial charge in [-0.15, -0.1) is 0 Å². The fourth-order valence-corrected chi connectivity index (χ4v) is 2.47. The van der Waals surface area contributed by atoms with Gasteiger partial charge in [0, 0.05) is 22.4 Å². The van der Waals surface area contributed by atoms with E-state index in [2.05, 4.69) is 26.2 Å². The van der Waals surface area contributed by atoms with Gasteiger partial charge >= 0.3 is 6.09 Å². The van der Waals surface area contributed by atoms with E-state index >= 15 is 0 Å². The van der Waals surface area contributed by atoms with Crippen LogP contribution in [0.5, 0.6) is 0 Å². The number of amides is 1. The summed E-state index contributed by atoms with van der Waals surface area (Å²) in [6, 6.07) is 9.93. The number of ether oxygens (including phenoxy) is 1. The second-order valence-electron chi connectivity index (χ2n) is 6.38. The molecule has 23 heavy (non-hydrogen) atoms. The molecule has 122 valence electrons. The van der Waals surface area contributed by atoms with Gasteiger partial charge in [-0.1, -0.05) is 24.3 Å². The highest BCUT2D eigenvalue weighted by Gasteiger charge is 2.18. The lowest BCUT2D eigenvalue weighted by molar-refractivity contribution is 0.0508. The monoisotopic (exact) mass is 376 g/mol. The quantitative estimate of drug-likeness (QED) is 0.810. The van der Waals surface area contributed by atoms with E-state index < -0.39 is 11.7 Å². The minimum absolute atomic E-state index is 0.125. The van der Waals surface area contributed by atoms with Crippen LogP contribution in [0.25, 0.3) is 11.1 Å². The number of nitrogens with zero attached hydrogens (tertiary/aromatic N) is 1. The van der Waals surface area contributed by atoms with Gasteiger partial charge in [-0.2, -0.15) is 0 Å². The van der Waals surface area contributed by atoms with E-state index in [-0.39, 0.29) is 6.04 Å². The van der Waals surface area contributed by atoms with Gasteiger partial charge < -0.3 is 10.1 Å². The predicted molar refractivity (Wildman–Crippen MR) is 95.2 cm³/mol. The van der Waals surface area contributed by atoms with Crippen LogP contribution in [-0.2, 0) is 4.74 Å². The summed E-state index contributed by atoms with van der Waals surface area (Å²) >= 11 is 3.42. The molecule has 0 saturated carbocycles. The molecule has 1 aromatic heterocycles. The van der Waals surface area contributed by atoms with Crippen LogP contribution in [0.4, 0.5) is 4.79 Å². The summed E-state index contributed by atoms with van der Waals surface area (Å²) in [5.41, 5.74) is 2.63. The molecule has 1 unspecified atom stereocenters. The van der Waals surface area contributed by atoms with E-state index in [9.17, 15) is 4.79 Å². The first-order valence-electron chi connectivity index (χ1n) is 7.45. The van der Waals surface area contributed by atoms with Crippen molar-refractivity contribution in [2.75, 3.05) is 0 Å². The first kappa shape index (κ1) is 17.5. The van der Waals surface area contributed by atoms with E-state index in [1.54, 1.807) is 6.20 Å². The first-order valence-corrected chi connectivity index (χ1v) is 8.24. The first-order chi connectivity index (χ1) is 10.7. The third kappa shape index (κ3) is 5.36. The molecule has 1 aromatic carbocycles. The molecule has 0 aliphatic carbocycles. The van der Waals surface area contributed by atoms with Crippen LogP contribution in [0.15, 0.2) is 47.2 Å². The molecule has 1 heterocycles. The Morgan fingerprint density at radius 1 is 1.17 bits per heavy atom. The molecule has 0 radical (unpaired) electrons. The minimum Gasteiger partial charge on any atom is -0.444 e. The van der Waals surface area contributed by atoms with E-state index in [0.717, 1.165) is 21.2 Å². The molecule has 1 N–H and O–H groups in total. The van der Waals surface area contributed by atoms with Crippen molar-refractivity contribution in [2.45, 2.75) is 39.3 Å². The van der Waals surface area contributed by atoms with E-state index in [1.807, 2.05) is 64.2 Å². The van der Waals surface area contributed by atoms with E-state index in [1.165, 1.54) is 0 Å². The SMILES string of the molecule is CC(NC(=O)OC(C)(C)C)c1ccc(-c2cncc(Br)c2)cc1. The fraction of sp³-hybridized carbons (Fsp3) is 0.333. The number of aromatic nitrogens is 1. The summed E-state index contributed by atoms with van der Waals surface area (Å²) < 4.78 is 6.22. The Morgan fingerprint density at radius 3 is 2.39 bits per heavy atom. The highest BCUT2D eigenvalue weighted by molar-refractivity contribution is 9.10. The molecule has 2 rings (SSSR count). The van der Waals surface area contributed by atoms with Gasteiger partial charge in [0.25, 0.3) is 0 Å². The Morgan fingerprint density at radius 2 is 1.83 bits per heavy atom. The fourth-order valence-electron chi connectivity index (χ4n) is 2.10. The number of halogens is 1. The normalized spacial score (nSPS) is 12.6. The average Bonchev–Trinajstić information content (AvgIpc) is 2.45. The molecule has 4 nitrogen and oxygen atoms in total. The molecule has 0 bridgehead atoms. The summed E-state index contributed by atoms with van der Waals surface area (Å²) in [5.74, 6) is 0. The smallest absolute Gasteiger partial charge is 0.408 e. The van der Waals surface area contributed by atoms with E-state index in [4.69, 9.17) is 4.74 Å². The second-order valence-corrected chi connectivity index (χ2v) is 7.30. The number of nitrogens with one attached hydrogen (secondary N) is 1. The maximum atomic E-state index is 11.8. The van der Waals surface area contributed by atoms with Gasteiger partial charge in [-0.05, 0) is 60.8 Å². The van der Waals surface area contributed by atoms with E-state index in [0.29, 0.717) is 0 Å². The molecule has 0 aliphatic heterocycles. The largest absolute Gasteiger partial charge is 0.444 e. The van der Waals surface area contributed by atoms with Crippen LogP contribution in [0.1, 0.15) is 39.3 Å². The predicted octanol–water partition coefficient (Wildman–Crippen LogP) is 5.10. The Balaban J connectivity index is 2.06. The lowest BCUT2D eigenvalue weighted by atomic mass is 10.0. The summed E-state index contributed by atoms with van der Waals surface area (Å²) in [4.78, 5) is 16.0. The standard InChI is InChI=1S/C18H21BrN2O2/c1-12(21-17(22)23-18(2,3)4)13-5-7-14(8-6-13)15-9-16(19)11-20-10-15/h5-12H,1-4H3,(H,21,22). The maximum Gasteiger partial charge on any atom is 0.408 e. The zero-order valence-electron chi connectivity index (χ0n) is 13.8. The summed E-state index contributed by atoms with van der Waals surface area (Å²) in [7, 11) is 0. The van der Waals surface area contributed by atoms with Gasteiger partial charge in [0.05, 0.1) is 6.04 Å². The maximum absolute atomic E-state index is 11.8. The topological polar surface area (TPSA) is 51.2 Å². The lowest BCUT2D eigenvalue weighted by Crippen LogP contribution is -2.34. The third-order valence-corrected chi connectivity index (χ3v) is 3.62. The molecule has 1 amide bonds. The van der Waals surface area contributed by atoms with Crippen LogP contribution < -0.4 is 5.32 Å². The number of alkyl carbamates (subject to hydrolysis) is 1. The zero-order chi connectivity index (χ0) is 17.0. The van der Waals surface area contributed by atoms with Crippen molar-refractivity contribution in [3.05, 3.63) is 52.8 Å². The molecule has 0 fully saturated rings. The third-order valence-electron chi connectivity index (χ3n) is 3.18. The highest BCUT2D eigenvalue weighted by atomic mass is 79.9. The van der Waals surface area contributed by atoms with Crippen LogP contribution in [-0.4, -0.2) is 16.7 Å². The van der Waals surface area contributed by atoms with Gasteiger partial charge in [0.1, 0.15) is 5.60 Å². The van der Waals surface area contributed by atoms with Gasteiger partial charge in [0.2, 0.25) is 0 Å². The summed E-state index contributed by atoms with van der Waals surface area (Å²) in [6.07, 6.45) is 3.16. The molecule has 0 saturated heterocycles. The molecular formula is C18H21BrN2O2. The number of hydrogen-bond donors (Lipinski definition) is 1. The number of carbonyl (C=O) groups is 1. The minimum atomic E-state index is -0.499. The van der Waals surface area contributed by atoms with Crippen molar-refractivity contribution in [1.82, 2.24) is 10.3 Å². The average molecular weight is 377 g/mol. The number of carbonyl (C=O) groups excluding carboxylic acids is 1. The Hall–Kier alpha value is -1.88. The number of rotatable bonds is 3. The molecule has 2 aromatic rings. The Kier molecular flexibility index (Phi) is 5.42. The zero-order valence-corrected chi connectivity index (χ0v) is 15.3. The molecule has 5 heteroatoms.